The van der Waals surface area contributed by atoms with E-state index in [0.29, 0.717) is 21.9 Å². The highest BCUT2D eigenvalue weighted by molar-refractivity contribution is 8.16. The number of pyridine rings is 1. The number of H-pyrrole nitrogens is 1. The molecule has 2 aliphatic rings. The smallest absolute Gasteiger partial charge is 0.381 e. The number of aromatic nitrogens is 5. The number of benzene rings is 2. The first-order chi connectivity index (χ1) is 19.7. The van der Waals surface area contributed by atoms with Crippen molar-refractivity contribution in [1.82, 2.24) is 45.1 Å². The number of halogens is 2. The van der Waals surface area contributed by atoms with Crippen LogP contribution in [0.4, 0.5) is 5.69 Å². The molecule has 13 nitrogen and oxygen atoms in total. The van der Waals surface area contributed by atoms with Crippen LogP contribution in [0.15, 0.2) is 58.5 Å². The fourth-order valence-electron chi connectivity index (χ4n) is 4.64. The molecule has 4 aromatic rings. The van der Waals surface area contributed by atoms with Crippen LogP contribution in [0.25, 0.3) is 10.8 Å². The van der Waals surface area contributed by atoms with Crippen molar-refractivity contribution in [2.75, 3.05) is 19.6 Å². The highest BCUT2D eigenvalue weighted by atomic mass is 127. The molecule has 2 aromatic carbocycles. The van der Waals surface area contributed by atoms with E-state index in [0.717, 1.165) is 16.0 Å². The third kappa shape index (κ3) is 5.98. The van der Waals surface area contributed by atoms with Crippen LogP contribution < -0.4 is 34.3 Å². The van der Waals surface area contributed by atoms with Gasteiger partial charge in [-0.3, -0.25) is 14.6 Å². The summed E-state index contributed by atoms with van der Waals surface area (Å²) < 4.78 is 28.7. The van der Waals surface area contributed by atoms with Gasteiger partial charge >= 0.3 is 11.0 Å². The number of nitrogens with one attached hydrogen (secondary N) is 2. The summed E-state index contributed by atoms with van der Waals surface area (Å²) >= 11 is 7.24. The zero-order valence-electron chi connectivity index (χ0n) is 21.9. The SMILES string of the molecule is Cc1cc2c(cn1)SC(C(=O)N1CCN(S(=O)(=O)c3ccc4cc(Cl)ccc4c3)CC1C(=O)NCc1nnn[nH]1)=[N+]2.[I-]. The van der Waals surface area contributed by atoms with Crippen molar-refractivity contribution >= 4 is 66.7 Å². The molecule has 0 spiro atoms. The summed E-state index contributed by atoms with van der Waals surface area (Å²) in [6, 6.07) is 10.6. The maximum Gasteiger partial charge on any atom is 0.381 e. The van der Waals surface area contributed by atoms with Gasteiger partial charge in [0, 0.05) is 54.4 Å². The topological polar surface area (TPSA) is 168 Å². The largest absolute Gasteiger partial charge is 1.00 e. The molecule has 4 heterocycles. The number of nitrogens with zero attached hydrogens (tertiary/aromatic N) is 7. The Bertz CT molecular complexity index is 1820. The Kier molecular flexibility index (Phi) is 8.79. The van der Waals surface area contributed by atoms with Crippen LogP contribution in [0.5, 0.6) is 0 Å². The molecular formula is C25H22ClIN9O4S2. The number of carbonyl (C=O) groups is 2. The Morgan fingerprint density at radius 3 is 2.74 bits per heavy atom. The molecule has 2 N–H and O–H groups in total. The second-order valence-corrected chi connectivity index (χ2v) is 12.8. The van der Waals surface area contributed by atoms with E-state index in [9.17, 15) is 18.0 Å². The second-order valence-electron chi connectivity index (χ2n) is 9.41. The number of tetrazole rings is 1. The van der Waals surface area contributed by atoms with E-state index in [-0.39, 0.29) is 60.1 Å². The molecule has 2 amide bonds. The minimum absolute atomic E-state index is 0. The molecule has 0 bridgehead atoms. The number of thioether (sulfide) groups is 1. The Morgan fingerprint density at radius 1 is 1.17 bits per heavy atom. The summed E-state index contributed by atoms with van der Waals surface area (Å²) in [5.74, 6) is -0.715. The highest BCUT2D eigenvalue weighted by Crippen LogP contribution is 2.34. The quantitative estimate of drug-likeness (QED) is 0.222. The third-order valence-electron chi connectivity index (χ3n) is 6.73. The van der Waals surface area contributed by atoms with Crippen molar-refractivity contribution in [3.05, 3.63) is 65.2 Å². The molecule has 2 aromatic heterocycles. The van der Waals surface area contributed by atoms with Gasteiger partial charge in [-0.15, -0.1) is 5.10 Å². The number of hydrogen-bond donors (Lipinski definition) is 2. The molecule has 1 fully saturated rings. The van der Waals surface area contributed by atoms with Crippen molar-refractivity contribution in [3.8, 4) is 0 Å². The summed E-state index contributed by atoms with van der Waals surface area (Å²) in [7, 11) is -4.00. The van der Waals surface area contributed by atoms with E-state index in [1.165, 1.54) is 27.0 Å². The van der Waals surface area contributed by atoms with Gasteiger partial charge in [-0.2, -0.15) is 4.31 Å². The number of hydrogen-bond acceptors (Lipinski definition) is 10. The summed E-state index contributed by atoms with van der Waals surface area (Å²) in [5.41, 5.74) is 1.39. The molecule has 2 aliphatic heterocycles. The lowest BCUT2D eigenvalue weighted by Crippen LogP contribution is -3.00. The van der Waals surface area contributed by atoms with Crippen molar-refractivity contribution in [3.63, 3.8) is 0 Å². The van der Waals surface area contributed by atoms with Gasteiger partial charge in [0.05, 0.1) is 16.4 Å². The standard InChI is InChI=1S/C25H22ClN9O4S2.HI/c1-14-8-19-21(11-27-14)40-24(29-19)25(37)35-7-6-34(13-20(35)23(36)28-12-22-30-32-33-31-22)41(38,39)18-5-3-15-9-17(26)4-2-16(15)10-18;/h2-5,8-11,20H,6-7,12-13H2,1H3,(H,28,36)(H,30,31,32,33);1H/q+1;/p-1. The van der Waals surface area contributed by atoms with E-state index in [2.05, 4.69) is 35.9 Å². The average Bonchev–Trinajstić information content (AvgIpc) is 3.64. The number of piperazine rings is 1. The van der Waals surface area contributed by atoms with Gasteiger partial charge in [-0.25, -0.2) is 13.5 Å². The van der Waals surface area contributed by atoms with E-state index in [1.54, 1.807) is 42.6 Å². The van der Waals surface area contributed by atoms with Gasteiger partial charge < -0.3 is 34.2 Å². The van der Waals surface area contributed by atoms with Gasteiger partial charge in [-0.05, 0) is 52.4 Å². The number of aliphatic imine (C=N–C) groups is 1. The van der Waals surface area contributed by atoms with Crippen LogP contribution in [0.3, 0.4) is 0 Å². The minimum Gasteiger partial charge on any atom is -1.00 e. The van der Waals surface area contributed by atoms with E-state index >= 15 is 0 Å². The molecule has 1 saturated heterocycles. The number of sulfonamides is 1. The normalized spacial score (nSPS) is 17.0. The Labute approximate surface area is 266 Å². The molecule has 0 saturated carbocycles. The van der Waals surface area contributed by atoms with Crippen LogP contribution in [0.2, 0.25) is 5.02 Å². The maximum atomic E-state index is 13.7. The Morgan fingerprint density at radius 2 is 1.95 bits per heavy atom. The number of carbonyl (C=O) groups excluding carboxylic acids is 2. The molecular weight excluding hydrogens is 717 g/mol. The zero-order valence-corrected chi connectivity index (χ0v) is 26.4. The molecule has 6 rings (SSSR count). The fourth-order valence-corrected chi connectivity index (χ4v) is 7.17. The monoisotopic (exact) mass is 738 g/mol. The predicted molar refractivity (Wildman–Crippen MR) is 151 cm³/mol. The van der Waals surface area contributed by atoms with Gasteiger partial charge in [0.1, 0.15) is 10.9 Å². The van der Waals surface area contributed by atoms with Gasteiger partial charge in [0.2, 0.25) is 15.9 Å². The van der Waals surface area contributed by atoms with Gasteiger partial charge in [0.25, 0.3) is 5.69 Å². The fraction of sp³-hybridized carbons (Fsp3) is 0.240. The number of aryl methyl sites for hydroxylation is 1. The van der Waals surface area contributed by atoms with E-state index < -0.39 is 27.9 Å². The Balaban J connectivity index is 0.00000353. The first-order valence-corrected chi connectivity index (χ1v) is 15.1. The van der Waals surface area contributed by atoms with Crippen molar-refractivity contribution in [1.29, 1.82) is 0 Å². The summed E-state index contributed by atoms with van der Waals surface area (Å²) in [6.07, 6.45) is 1.65. The zero-order chi connectivity index (χ0) is 28.7. The Hall–Kier alpha value is -3.19. The number of rotatable bonds is 6. The lowest BCUT2D eigenvalue weighted by Gasteiger charge is -2.38. The van der Waals surface area contributed by atoms with Gasteiger partial charge in [-0.1, -0.05) is 23.7 Å². The van der Waals surface area contributed by atoms with Gasteiger partial charge in [0.15, 0.2) is 5.82 Å². The second kappa shape index (κ2) is 12.2. The number of fused-ring (bicyclic) bond motifs is 2. The highest BCUT2D eigenvalue weighted by Gasteiger charge is 2.45. The van der Waals surface area contributed by atoms with Crippen LogP contribution in [0, 0.1) is 6.92 Å². The van der Waals surface area contributed by atoms with E-state index in [4.69, 9.17) is 11.6 Å². The van der Waals surface area contributed by atoms with Crippen molar-refractivity contribution in [2.24, 2.45) is 0 Å². The maximum absolute atomic E-state index is 13.7. The summed E-state index contributed by atoms with van der Waals surface area (Å²) in [5, 5.41) is 18.2. The third-order valence-corrected chi connectivity index (χ3v) is 9.82. The summed E-state index contributed by atoms with van der Waals surface area (Å²) in [4.78, 5) is 38.0. The minimum atomic E-state index is -4.00. The lowest BCUT2D eigenvalue weighted by atomic mass is 10.1. The van der Waals surface area contributed by atoms with Crippen LogP contribution in [-0.4, -0.2) is 85.8 Å². The van der Waals surface area contributed by atoms with Crippen LogP contribution in [0.1, 0.15) is 11.5 Å². The summed E-state index contributed by atoms with van der Waals surface area (Å²) in [6.45, 7) is 1.52. The van der Waals surface area contributed by atoms with Crippen LogP contribution >= 0.6 is 23.4 Å². The molecule has 1 atom stereocenters. The van der Waals surface area contributed by atoms with Crippen LogP contribution in [-0.2, 0) is 26.2 Å². The molecule has 0 aliphatic carbocycles. The molecule has 1 radical (unpaired) electrons. The molecule has 1 unspecified atom stereocenters. The molecule has 217 valence electrons. The molecule has 17 heteroatoms. The first-order valence-electron chi connectivity index (χ1n) is 12.4. The van der Waals surface area contributed by atoms with Crippen molar-refractivity contribution in [2.45, 2.75) is 29.3 Å². The molecule has 42 heavy (non-hydrogen) atoms. The van der Waals surface area contributed by atoms with E-state index in [1.807, 2.05) is 6.92 Å². The number of amides is 2. The lowest BCUT2D eigenvalue weighted by molar-refractivity contribution is -0.138. The average molecular weight is 739 g/mol. The predicted octanol–water partition coefficient (Wildman–Crippen LogP) is -1.60. The first kappa shape index (κ1) is 30.3. The number of aromatic amines is 1. The van der Waals surface area contributed by atoms with Crippen molar-refractivity contribution < 1.29 is 42.0 Å².